The highest BCUT2D eigenvalue weighted by atomic mass is 35.5. The standard InChI is InChI=1S/C21H19ClF2N2/c22-17-7-1-5-15(13-17)21-19-9-3-10-25(19)11-4-12-26(21)14-16-6-2-8-18(23)20(16)24/h1-3,5-10,13,21H,4,11-12,14H2/t21-/m0/s1. The Hall–Kier alpha value is -2.17. The monoisotopic (exact) mass is 372 g/mol. The number of rotatable bonds is 3. The molecule has 1 atom stereocenters. The van der Waals surface area contributed by atoms with Gasteiger partial charge in [0.2, 0.25) is 0 Å². The summed E-state index contributed by atoms with van der Waals surface area (Å²) in [5.41, 5.74) is 2.56. The second kappa shape index (κ2) is 7.22. The minimum absolute atomic E-state index is 0.0612. The van der Waals surface area contributed by atoms with Crippen LogP contribution in [0.4, 0.5) is 8.78 Å². The SMILES string of the molecule is Fc1cccc(CN2CCCn3cccc3[C@@H]2c2cccc(Cl)c2)c1F. The van der Waals surface area contributed by atoms with Crippen LogP contribution in [0.1, 0.15) is 29.3 Å². The number of fused-ring (bicyclic) bond motifs is 1. The molecule has 0 amide bonds. The minimum atomic E-state index is -0.806. The summed E-state index contributed by atoms with van der Waals surface area (Å²) in [6.45, 7) is 2.03. The third-order valence-electron chi connectivity index (χ3n) is 4.92. The van der Waals surface area contributed by atoms with Gasteiger partial charge in [0.1, 0.15) is 0 Å². The van der Waals surface area contributed by atoms with Gasteiger partial charge in [0.15, 0.2) is 11.6 Å². The highest BCUT2D eigenvalue weighted by molar-refractivity contribution is 6.30. The lowest BCUT2D eigenvalue weighted by Gasteiger charge is -2.31. The maximum absolute atomic E-state index is 14.3. The van der Waals surface area contributed by atoms with Crippen LogP contribution in [-0.2, 0) is 13.1 Å². The number of benzene rings is 2. The summed E-state index contributed by atoms with van der Waals surface area (Å²) >= 11 is 6.22. The van der Waals surface area contributed by atoms with Crippen molar-refractivity contribution in [2.45, 2.75) is 25.6 Å². The minimum Gasteiger partial charge on any atom is -0.350 e. The van der Waals surface area contributed by atoms with Gasteiger partial charge < -0.3 is 4.57 Å². The molecule has 2 nitrogen and oxygen atoms in total. The molecule has 0 saturated carbocycles. The Morgan fingerprint density at radius 1 is 1.00 bits per heavy atom. The van der Waals surface area contributed by atoms with Gasteiger partial charge in [0, 0.05) is 42.1 Å². The number of hydrogen-bond donors (Lipinski definition) is 0. The van der Waals surface area contributed by atoms with E-state index in [4.69, 9.17) is 11.6 Å². The fourth-order valence-electron chi connectivity index (χ4n) is 3.76. The van der Waals surface area contributed by atoms with Crippen molar-refractivity contribution >= 4 is 11.6 Å². The van der Waals surface area contributed by atoms with E-state index in [-0.39, 0.29) is 6.04 Å². The zero-order valence-corrected chi connectivity index (χ0v) is 15.0. The van der Waals surface area contributed by atoms with E-state index < -0.39 is 11.6 Å². The van der Waals surface area contributed by atoms with Gasteiger partial charge in [0.05, 0.1) is 6.04 Å². The third-order valence-corrected chi connectivity index (χ3v) is 5.16. The molecule has 0 radical (unpaired) electrons. The van der Waals surface area contributed by atoms with Gasteiger partial charge in [-0.15, -0.1) is 0 Å². The first-order valence-corrected chi connectivity index (χ1v) is 9.09. The van der Waals surface area contributed by atoms with Crippen LogP contribution >= 0.6 is 11.6 Å². The molecule has 1 aliphatic heterocycles. The molecule has 2 heterocycles. The van der Waals surface area contributed by atoms with Crippen molar-refractivity contribution < 1.29 is 8.78 Å². The van der Waals surface area contributed by atoms with E-state index in [0.717, 1.165) is 36.8 Å². The molecule has 1 aliphatic rings. The smallest absolute Gasteiger partial charge is 0.163 e. The average Bonchev–Trinajstić information content (AvgIpc) is 3.00. The van der Waals surface area contributed by atoms with Gasteiger partial charge >= 0.3 is 0 Å². The third kappa shape index (κ3) is 3.27. The Kier molecular flexibility index (Phi) is 4.79. The van der Waals surface area contributed by atoms with Crippen molar-refractivity contribution in [1.82, 2.24) is 9.47 Å². The molecule has 0 bridgehead atoms. The van der Waals surface area contributed by atoms with Crippen LogP contribution in [-0.4, -0.2) is 16.0 Å². The van der Waals surface area contributed by atoms with E-state index in [9.17, 15) is 8.78 Å². The highest BCUT2D eigenvalue weighted by Crippen LogP contribution is 2.34. The number of hydrogen-bond acceptors (Lipinski definition) is 1. The van der Waals surface area contributed by atoms with E-state index >= 15 is 0 Å². The van der Waals surface area contributed by atoms with E-state index in [1.54, 1.807) is 12.1 Å². The normalized spacial score (nSPS) is 17.7. The molecule has 134 valence electrons. The Labute approximate surface area is 156 Å². The van der Waals surface area contributed by atoms with Crippen LogP contribution in [0.15, 0.2) is 60.8 Å². The van der Waals surface area contributed by atoms with E-state index in [1.807, 2.05) is 30.3 Å². The number of aromatic nitrogens is 1. The van der Waals surface area contributed by atoms with Crippen molar-refractivity contribution in [3.8, 4) is 0 Å². The Morgan fingerprint density at radius 3 is 2.69 bits per heavy atom. The maximum Gasteiger partial charge on any atom is 0.163 e. The molecule has 0 aliphatic carbocycles. The molecule has 5 heteroatoms. The zero-order valence-electron chi connectivity index (χ0n) is 14.2. The predicted molar refractivity (Wildman–Crippen MR) is 99.1 cm³/mol. The van der Waals surface area contributed by atoms with Crippen LogP contribution in [0.5, 0.6) is 0 Å². The molecule has 0 fully saturated rings. The Morgan fingerprint density at radius 2 is 1.85 bits per heavy atom. The van der Waals surface area contributed by atoms with Gasteiger partial charge in [0.25, 0.3) is 0 Å². The molecule has 3 aromatic rings. The first kappa shape index (κ1) is 17.3. The molecule has 0 unspecified atom stereocenters. The van der Waals surface area contributed by atoms with Gasteiger partial charge in [-0.25, -0.2) is 8.78 Å². The lowest BCUT2D eigenvalue weighted by atomic mass is 10.0. The van der Waals surface area contributed by atoms with Crippen LogP contribution in [0.3, 0.4) is 0 Å². The fraction of sp³-hybridized carbons (Fsp3) is 0.238. The second-order valence-electron chi connectivity index (χ2n) is 6.62. The lowest BCUT2D eigenvalue weighted by Crippen LogP contribution is -2.30. The van der Waals surface area contributed by atoms with E-state index in [1.165, 1.54) is 0 Å². The number of halogens is 3. The van der Waals surface area contributed by atoms with Crippen molar-refractivity contribution in [3.05, 3.63) is 94.3 Å². The molecule has 0 N–H and O–H groups in total. The first-order valence-electron chi connectivity index (χ1n) is 8.71. The van der Waals surface area contributed by atoms with Crippen LogP contribution in [0, 0.1) is 11.6 Å². The summed E-state index contributed by atoms with van der Waals surface area (Å²) < 4.78 is 30.2. The number of aryl methyl sites for hydroxylation is 1. The van der Waals surface area contributed by atoms with Crippen molar-refractivity contribution in [2.75, 3.05) is 6.54 Å². The molecular weight excluding hydrogens is 354 g/mol. The van der Waals surface area contributed by atoms with Gasteiger partial charge in [-0.3, -0.25) is 4.90 Å². The van der Waals surface area contributed by atoms with Gasteiger partial charge in [-0.05, 0) is 42.3 Å². The van der Waals surface area contributed by atoms with Crippen LogP contribution < -0.4 is 0 Å². The summed E-state index contributed by atoms with van der Waals surface area (Å²) in [5, 5.41) is 0.668. The van der Waals surface area contributed by atoms with Crippen molar-refractivity contribution in [2.24, 2.45) is 0 Å². The molecule has 26 heavy (non-hydrogen) atoms. The van der Waals surface area contributed by atoms with Gasteiger partial charge in [-0.2, -0.15) is 0 Å². The molecule has 0 saturated heterocycles. The van der Waals surface area contributed by atoms with Crippen molar-refractivity contribution in [1.29, 1.82) is 0 Å². The Bertz CT molecular complexity index is 922. The van der Waals surface area contributed by atoms with E-state index in [0.29, 0.717) is 17.1 Å². The highest BCUT2D eigenvalue weighted by Gasteiger charge is 2.28. The van der Waals surface area contributed by atoms with Crippen LogP contribution in [0.2, 0.25) is 5.02 Å². The van der Waals surface area contributed by atoms with E-state index in [2.05, 4.69) is 21.7 Å². The zero-order chi connectivity index (χ0) is 18.1. The molecule has 0 spiro atoms. The summed E-state index contributed by atoms with van der Waals surface area (Å²) in [6.07, 6.45) is 3.01. The van der Waals surface area contributed by atoms with Gasteiger partial charge in [-0.1, -0.05) is 35.9 Å². The quantitative estimate of drug-likeness (QED) is 0.596. The maximum atomic E-state index is 14.3. The molecular formula is C21H19ClF2N2. The number of nitrogens with zero attached hydrogens (tertiary/aromatic N) is 2. The summed E-state index contributed by atoms with van der Waals surface area (Å²) in [4.78, 5) is 2.20. The topological polar surface area (TPSA) is 8.17 Å². The molecule has 4 rings (SSSR count). The Balaban J connectivity index is 1.77. The second-order valence-corrected chi connectivity index (χ2v) is 7.06. The first-order chi connectivity index (χ1) is 12.6. The fourth-order valence-corrected chi connectivity index (χ4v) is 3.96. The summed E-state index contributed by atoms with van der Waals surface area (Å²) in [5.74, 6) is -1.57. The lowest BCUT2D eigenvalue weighted by molar-refractivity contribution is 0.216. The molecule has 2 aromatic carbocycles. The largest absolute Gasteiger partial charge is 0.350 e. The predicted octanol–water partition coefficient (Wildman–Crippen LogP) is 5.42. The summed E-state index contributed by atoms with van der Waals surface area (Å²) in [7, 11) is 0. The van der Waals surface area contributed by atoms with Crippen molar-refractivity contribution in [3.63, 3.8) is 0 Å². The summed E-state index contributed by atoms with van der Waals surface area (Å²) in [6, 6.07) is 16.2. The average molecular weight is 373 g/mol. The van der Waals surface area contributed by atoms with Crippen LogP contribution in [0.25, 0.3) is 0 Å². The molecule has 1 aromatic heterocycles.